The van der Waals surface area contributed by atoms with Crippen molar-refractivity contribution in [2.24, 2.45) is 7.05 Å². The number of carbonyl (C=O) groups excluding carboxylic acids is 1. The molecule has 1 aliphatic rings. The van der Waals surface area contributed by atoms with Crippen molar-refractivity contribution in [2.45, 2.75) is 31.8 Å². The molecule has 0 aliphatic carbocycles. The van der Waals surface area contributed by atoms with Crippen molar-refractivity contribution in [3.8, 4) is 0 Å². The van der Waals surface area contributed by atoms with E-state index in [9.17, 15) is 4.79 Å². The second-order valence-corrected chi connectivity index (χ2v) is 7.84. The van der Waals surface area contributed by atoms with Gasteiger partial charge >= 0.3 is 0 Å². The molecule has 1 N–H and O–H groups in total. The molecule has 1 aliphatic heterocycles. The van der Waals surface area contributed by atoms with Crippen LogP contribution in [0.1, 0.15) is 34.8 Å². The molecule has 1 atom stereocenters. The molecule has 0 spiro atoms. The van der Waals surface area contributed by atoms with Gasteiger partial charge in [-0.3, -0.25) is 9.69 Å². The summed E-state index contributed by atoms with van der Waals surface area (Å²) in [7, 11) is 2.08. The number of hydrogen-bond acceptors (Lipinski definition) is 2. The number of aromatic nitrogens is 1. The van der Waals surface area contributed by atoms with Crippen LogP contribution in [0.15, 0.2) is 72.9 Å². The Hall–Kier alpha value is -2.85. The SMILES string of the molecule is Cn1cccc1C(CNC(=O)CCc1ccccc1)N1CCc2ccccc2C1. The van der Waals surface area contributed by atoms with Gasteiger partial charge in [-0.25, -0.2) is 0 Å². The molecule has 3 aromatic rings. The van der Waals surface area contributed by atoms with Gasteiger partial charge < -0.3 is 9.88 Å². The highest BCUT2D eigenvalue weighted by Crippen LogP contribution is 2.27. The van der Waals surface area contributed by atoms with E-state index in [2.05, 4.69) is 76.6 Å². The lowest BCUT2D eigenvalue weighted by atomic mass is 9.97. The first-order chi connectivity index (χ1) is 14.2. The Bertz CT molecular complexity index is 947. The maximum atomic E-state index is 12.5. The third-order valence-corrected chi connectivity index (χ3v) is 5.90. The highest BCUT2D eigenvalue weighted by atomic mass is 16.1. The molecular weight excluding hydrogens is 358 g/mol. The first-order valence-electron chi connectivity index (χ1n) is 10.4. The standard InChI is InChI=1S/C25H29N3O/c1-27-16-7-12-23(27)24(28-17-15-21-10-5-6-11-22(21)19-28)18-26-25(29)14-13-20-8-3-2-4-9-20/h2-12,16,24H,13-15,17-19H2,1H3,(H,26,29). The van der Waals surface area contributed by atoms with Crippen molar-refractivity contribution < 1.29 is 4.79 Å². The molecule has 4 rings (SSSR count). The van der Waals surface area contributed by atoms with Gasteiger partial charge in [0.05, 0.1) is 6.04 Å². The van der Waals surface area contributed by atoms with Gasteiger partial charge in [-0.1, -0.05) is 54.6 Å². The molecule has 29 heavy (non-hydrogen) atoms. The molecule has 0 fully saturated rings. The molecule has 0 bridgehead atoms. The summed E-state index contributed by atoms with van der Waals surface area (Å²) in [5, 5.41) is 3.20. The van der Waals surface area contributed by atoms with E-state index in [1.54, 1.807) is 0 Å². The Labute approximate surface area is 173 Å². The third kappa shape index (κ3) is 4.77. The van der Waals surface area contributed by atoms with Crippen molar-refractivity contribution in [1.82, 2.24) is 14.8 Å². The minimum atomic E-state index is 0.116. The maximum Gasteiger partial charge on any atom is 0.220 e. The van der Waals surface area contributed by atoms with E-state index in [4.69, 9.17) is 0 Å². The average Bonchev–Trinajstić information content (AvgIpc) is 3.18. The summed E-state index contributed by atoms with van der Waals surface area (Å²) < 4.78 is 2.17. The number of nitrogens with one attached hydrogen (secondary N) is 1. The van der Waals surface area contributed by atoms with Gasteiger partial charge in [0.2, 0.25) is 5.91 Å². The Balaban J connectivity index is 1.42. The van der Waals surface area contributed by atoms with Crippen LogP contribution in [-0.4, -0.2) is 28.5 Å². The summed E-state index contributed by atoms with van der Waals surface area (Å²) in [6.07, 6.45) is 4.43. The predicted octanol–water partition coefficient (Wildman–Crippen LogP) is 3.87. The van der Waals surface area contributed by atoms with Crippen LogP contribution in [0.3, 0.4) is 0 Å². The van der Waals surface area contributed by atoms with Gasteiger partial charge in [-0.15, -0.1) is 0 Å². The van der Waals surface area contributed by atoms with Gasteiger partial charge in [0.1, 0.15) is 0 Å². The van der Waals surface area contributed by atoms with Gasteiger partial charge in [0, 0.05) is 45.0 Å². The molecule has 1 aromatic heterocycles. The largest absolute Gasteiger partial charge is 0.354 e. The number of fused-ring (bicyclic) bond motifs is 1. The molecule has 2 heterocycles. The van der Waals surface area contributed by atoms with Gasteiger partial charge in [0.25, 0.3) is 0 Å². The number of carbonyl (C=O) groups is 1. The molecule has 1 unspecified atom stereocenters. The summed E-state index contributed by atoms with van der Waals surface area (Å²) in [5.41, 5.74) is 5.29. The smallest absolute Gasteiger partial charge is 0.220 e. The minimum absolute atomic E-state index is 0.116. The summed E-state index contributed by atoms with van der Waals surface area (Å²) >= 11 is 0. The fourth-order valence-corrected chi connectivity index (χ4v) is 4.23. The lowest BCUT2D eigenvalue weighted by Gasteiger charge is -2.36. The van der Waals surface area contributed by atoms with Crippen LogP contribution in [0, 0.1) is 0 Å². The molecule has 0 saturated heterocycles. The Morgan fingerprint density at radius 3 is 2.52 bits per heavy atom. The molecule has 0 radical (unpaired) electrons. The van der Waals surface area contributed by atoms with E-state index in [-0.39, 0.29) is 11.9 Å². The second-order valence-electron chi connectivity index (χ2n) is 7.84. The first-order valence-corrected chi connectivity index (χ1v) is 10.4. The van der Waals surface area contributed by atoms with Crippen LogP contribution in [0.5, 0.6) is 0 Å². The fourth-order valence-electron chi connectivity index (χ4n) is 4.23. The van der Waals surface area contributed by atoms with Gasteiger partial charge in [-0.2, -0.15) is 0 Å². The highest BCUT2D eigenvalue weighted by Gasteiger charge is 2.26. The Kier molecular flexibility index (Phi) is 6.11. The van der Waals surface area contributed by atoms with E-state index in [0.717, 1.165) is 25.9 Å². The van der Waals surface area contributed by atoms with Crippen molar-refractivity contribution in [2.75, 3.05) is 13.1 Å². The summed E-state index contributed by atoms with van der Waals surface area (Å²) in [5.74, 6) is 0.116. The highest BCUT2D eigenvalue weighted by molar-refractivity contribution is 5.76. The molecule has 2 aromatic carbocycles. The van der Waals surface area contributed by atoms with Crippen molar-refractivity contribution >= 4 is 5.91 Å². The van der Waals surface area contributed by atoms with Crippen LogP contribution in [-0.2, 0) is 31.2 Å². The zero-order valence-electron chi connectivity index (χ0n) is 17.1. The van der Waals surface area contributed by atoms with Crippen LogP contribution < -0.4 is 5.32 Å². The Morgan fingerprint density at radius 2 is 1.76 bits per heavy atom. The van der Waals surface area contributed by atoms with Crippen molar-refractivity contribution in [3.63, 3.8) is 0 Å². The Morgan fingerprint density at radius 1 is 1.00 bits per heavy atom. The lowest BCUT2D eigenvalue weighted by molar-refractivity contribution is -0.121. The number of aryl methyl sites for hydroxylation is 2. The van der Waals surface area contributed by atoms with Crippen LogP contribution in [0.2, 0.25) is 0 Å². The van der Waals surface area contributed by atoms with E-state index in [1.165, 1.54) is 22.4 Å². The molecule has 150 valence electrons. The number of rotatable bonds is 7. The van der Waals surface area contributed by atoms with E-state index in [1.807, 2.05) is 18.2 Å². The second kappa shape index (κ2) is 9.10. The monoisotopic (exact) mass is 387 g/mol. The van der Waals surface area contributed by atoms with E-state index in [0.29, 0.717) is 13.0 Å². The lowest BCUT2D eigenvalue weighted by Crippen LogP contribution is -2.41. The minimum Gasteiger partial charge on any atom is -0.354 e. The number of nitrogens with zero attached hydrogens (tertiary/aromatic N) is 2. The summed E-state index contributed by atoms with van der Waals surface area (Å²) in [4.78, 5) is 15.0. The number of benzene rings is 2. The zero-order valence-corrected chi connectivity index (χ0v) is 17.1. The molecule has 4 heteroatoms. The number of amides is 1. The van der Waals surface area contributed by atoms with Crippen LogP contribution >= 0.6 is 0 Å². The van der Waals surface area contributed by atoms with Crippen LogP contribution in [0.4, 0.5) is 0 Å². The molecule has 0 saturated carbocycles. The van der Waals surface area contributed by atoms with Crippen molar-refractivity contribution in [1.29, 1.82) is 0 Å². The zero-order chi connectivity index (χ0) is 20.1. The normalized spacial score (nSPS) is 14.9. The fraction of sp³-hybridized carbons (Fsp3) is 0.320. The van der Waals surface area contributed by atoms with E-state index >= 15 is 0 Å². The first kappa shape index (κ1) is 19.5. The number of hydrogen-bond donors (Lipinski definition) is 1. The van der Waals surface area contributed by atoms with Crippen molar-refractivity contribution in [3.05, 3.63) is 95.3 Å². The maximum absolute atomic E-state index is 12.5. The third-order valence-electron chi connectivity index (χ3n) is 5.90. The van der Waals surface area contributed by atoms with Gasteiger partial charge in [-0.05, 0) is 41.7 Å². The average molecular weight is 388 g/mol. The predicted molar refractivity (Wildman–Crippen MR) is 116 cm³/mol. The topological polar surface area (TPSA) is 37.3 Å². The summed E-state index contributed by atoms with van der Waals surface area (Å²) in [6, 6.07) is 23.3. The quantitative estimate of drug-likeness (QED) is 0.668. The van der Waals surface area contributed by atoms with Gasteiger partial charge in [0.15, 0.2) is 0 Å². The van der Waals surface area contributed by atoms with Crippen LogP contribution in [0.25, 0.3) is 0 Å². The molecular formula is C25H29N3O. The molecule has 4 nitrogen and oxygen atoms in total. The summed E-state index contributed by atoms with van der Waals surface area (Å²) in [6.45, 7) is 2.56. The van der Waals surface area contributed by atoms with E-state index < -0.39 is 0 Å². The molecule has 1 amide bonds.